The standard InChI is InChI=1S/C15H24N2O4/c1-10(2)12(14(19)17(5)9-15(3,4)20)16-13(18)11-7-6-8-21-11/h6-8,10,12,20H,9H2,1-5H3,(H,16,18). The highest BCUT2D eigenvalue weighted by Crippen LogP contribution is 2.10. The van der Waals surface area contributed by atoms with Gasteiger partial charge in [-0.3, -0.25) is 9.59 Å². The number of carbonyl (C=O) groups excluding carboxylic acids is 2. The van der Waals surface area contributed by atoms with Crippen LogP contribution >= 0.6 is 0 Å². The summed E-state index contributed by atoms with van der Waals surface area (Å²) in [5, 5.41) is 12.5. The van der Waals surface area contributed by atoms with E-state index in [1.54, 1.807) is 27.0 Å². The van der Waals surface area contributed by atoms with Crippen molar-refractivity contribution in [2.24, 2.45) is 5.92 Å². The molecule has 1 aromatic heterocycles. The molecule has 0 saturated heterocycles. The molecule has 0 radical (unpaired) electrons. The molecule has 1 rings (SSSR count). The van der Waals surface area contributed by atoms with Crippen LogP contribution in [0.15, 0.2) is 22.8 Å². The number of nitrogens with one attached hydrogen (secondary N) is 1. The molecule has 6 heteroatoms. The number of carbonyl (C=O) groups is 2. The zero-order valence-electron chi connectivity index (χ0n) is 13.2. The van der Waals surface area contributed by atoms with Gasteiger partial charge in [-0.25, -0.2) is 0 Å². The molecule has 0 aliphatic heterocycles. The van der Waals surface area contributed by atoms with E-state index in [2.05, 4.69) is 5.32 Å². The van der Waals surface area contributed by atoms with Crippen LogP contribution in [0.1, 0.15) is 38.2 Å². The van der Waals surface area contributed by atoms with Gasteiger partial charge in [0.25, 0.3) is 5.91 Å². The maximum absolute atomic E-state index is 12.4. The molecule has 1 unspecified atom stereocenters. The Morgan fingerprint density at radius 2 is 2.05 bits per heavy atom. The van der Waals surface area contributed by atoms with Crippen LogP contribution in [-0.2, 0) is 4.79 Å². The van der Waals surface area contributed by atoms with Crippen LogP contribution in [0.2, 0.25) is 0 Å². The molecule has 21 heavy (non-hydrogen) atoms. The Hall–Kier alpha value is -1.82. The minimum Gasteiger partial charge on any atom is -0.459 e. The van der Waals surface area contributed by atoms with Crippen LogP contribution < -0.4 is 5.32 Å². The minimum absolute atomic E-state index is 0.0827. The summed E-state index contributed by atoms with van der Waals surface area (Å²) in [6.45, 7) is 7.14. The second-order valence-corrected chi connectivity index (χ2v) is 6.18. The molecule has 1 heterocycles. The molecule has 1 aromatic rings. The minimum atomic E-state index is -0.989. The van der Waals surface area contributed by atoms with Crippen LogP contribution in [0.3, 0.4) is 0 Å². The number of furan rings is 1. The predicted molar refractivity (Wildman–Crippen MR) is 78.7 cm³/mol. The molecule has 0 aliphatic rings. The summed E-state index contributed by atoms with van der Waals surface area (Å²) in [7, 11) is 1.61. The summed E-state index contributed by atoms with van der Waals surface area (Å²) >= 11 is 0. The van der Waals surface area contributed by atoms with Gasteiger partial charge in [-0.05, 0) is 31.9 Å². The van der Waals surface area contributed by atoms with Crippen LogP contribution in [0, 0.1) is 5.92 Å². The molecular formula is C15H24N2O4. The van der Waals surface area contributed by atoms with Crippen molar-refractivity contribution in [1.29, 1.82) is 0 Å². The predicted octanol–water partition coefficient (Wildman–Crippen LogP) is 1.26. The third-order valence-corrected chi connectivity index (χ3v) is 2.96. The van der Waals surface area contributed by atoms with Crippen molar-refractivity contribution < 1.29 is 19.1 Å². The van der Waals surface area contributed by atoms with Gasteiger partial charge in [0.2, 0.25) is 5.91 Å². The van der Waals surface area contributed by atoms with Gasteiger partial charge >= 0.3 is 0 Å². The Bertz CT molecular complexity index is 474. The Morgan fingerprint density at radius 3 is 2.48 bits per heavy atom. The summed E-state index contributed by atoms with van der Waals surface area (Å²) in [6, 6.07) is 2.48. The number of aliphatic hydroxyl groups is 1. The summed E-state index contributed by atoms with van der Waals surface area (Å²) < 4.78 is 5.02. The van der Waals surface area contributed by atoms with Gasteiger partial charge in [-0.1, -0.05) is 13.8 Å². The summed E-state index contributed by atoms with van der Waals surface area (Å²) in [6.07, 6.45) is 1.40. The first-order valence-electron chi connectivity index (χ1n) is 6.93. The lowest BCUT2D eigenvalue weighted by molar-refractivity contribution is -0.135. The Balaban J connectivity index is 2.77. The molecule has 0 spiro atoms. The fourth-order valence-corrected chi connectivity index (χ4v) is 2.03. The topological polar surface area (TPSA) is 82.8 Å². The van der Waals surface area contributed by atoms with Gasteiger partial charge in [0.05, 0.1) is 11.9 Å². The first kappa shape index (κ1) is 17.2. The number of amides is 2. The monoisotopic (exact) mass is 296 g/mol. The second-order valence-electron chi connectivity index (χ2n) is 6.18. The third-order valence-electron chi connectivity index (χ3n) is 2.96. The molecule has 0 aromatic carbocycles. The molecule has 1 atom stereocenters. The van der Waals surface area contributed by atoms with Crippen LogP contribution in [0.25, 0.3) is 0 Å². The van der Waals surface area contributed by atoms with E-state index >= 15 is 0 Å². The zero-order chi connectivity index (χ0) is 16.2. The van der Waals surface area contributed by atoms with Crippen LogP contribution in [0.5, 0.6) is 0 Å². The van der Waals surface area contributed by atoms with E-state index in [-0.39, 0.29) is 24.1 Å². The Morgan fingerprint density at radius 1 is 1.43 bits per heavy atom. The van der Waals surface area contributed by atoms with E-state index in [0.717, 1.165) is 0 Å². The number of hydrogen-bond acceptors (Lipinski definition) is 4. The first-order chi connectivity index (χ1) is 9.61. The Kier molecular flexibility index (Phi) is 5.54. The van der Waals surface area contributed by atoms with Gasteiger partial charge in [0.1, 0.15) is 6.04 Å². The van der Waals surface area contributed by atoms with Gasteiger partial charge < -0.3 is 19.7 Å². The first-order valence-corrected chi connectivity index (χ1v) is 6.93. The highest BCUT2D eigenvalue weighted by molar-refractivity contribution is 5.95. The van der Waals surface area contributed by atoms with Gasteiger partial charge in [0, 0.05) is 13.6 Å². The average Bonchev–Trinajstić information content (AvgIpc) is 2.86. The summed E-state index contributed by atoms with van der Waals surface area (Å²) in [5.74, 6) is -0.588. The second kappa shape index (κ2) is 6.76. The average molecular weight is 296 g/mol. The number of rotatable bonds is 6. The van der Waals surface area contributed by atoms with Crippen molar-refractivity contribution in [2.75, 3.05) is 13.6 Å². The lowest BCUT2D eigenvalue weighted by Crippen LogP contribution is -2.52. The van der Waals surface area contributed by atoms with E-state index in [0.29, 0.717) is 0 Å². The normalized spacial score (nSPS) is 13.1. The fourth-order valence-electron chi connectivity index (χ4n) is 2.03. The van der Waals surface area contributed by atoms with E-state index in [1.165, 1.54) is 17.2 Å². The summed E-state index contributed by atoms with van der Waals surface area (Å²) in [4.78, 5) is 25.9. The highest BCUT2D eigenvalue weighted by atomic mass is 16.3. The maximum Gasteiger partial charge on any atom is 0.287 e. The van der Waals surface area contributed by atoms with Gasteiger partial charge in [-0.2, -0.15) is 0 Å². The quantitative estimate of drug-likeness (QED) is 0.828. The van der Waals surface area contributed by atoms with Gasteiger partial charge in [-0.15, -0.1) is 0 Å². The van der Waals surface area contributed by atoms with Crippen molar-refractivity contribution in [3.05, 3.63) is 24.2 Å². The van der Waals surface area contributed by atoms with E-state index in [4.69, 9.17) is 4.42 Å². The van der Waals surface area contributed by atoms with Crippen LogP contribution in [0.4, 0.5) is 0 Å². The van der Waals surface area contributed by atoms with E-state index in [1.807, 2.05) is 13.8 Å². The number of likely N-dealkylation sites (N-methyl/N-ethyl adjacent to an activating group) is 1. The van der Waals surface area contributed by atoms with E-state index < -0.39 is 17.6 Å². The SMILES string of the molecule is CC(C)C(NC(=O)c1ccco1)C(=O)N(C)CC(C)(C)O. The lowest BCUT2D eigenvalue weighted by atomic mass is 10.0. The molecule has 2 amide bonds. The third kappa shape index (κ3) is 5.23. The van der Waals surface area contributed by atoms with Crippen LogP contribution in [-0.4, -0.2) is 47.1 Å². The molecule has 0 fully saturated rings. The Labute approximate surface area is 125 Å². The van der Waals surface area contributed by atoms with Gasteiger partial charge in [0.15, 0.2) is 5.76 Å². The molecule has 118 valence electrons. The highest BCUT2D eigenvalue weighted by Gasteiger charge is 2.30. The largest absolute Gasteiger partial charge is 0.459 e. The molecular weight excluding hydrogens is 272 g/mol. The molecule has 0 bridgehead atoms. The fraction of sp³-hybridized carbons (Fsp3) is 0.600. The lowest BCUT2D eigenvalue weighted by Gasteiger charge is -2.30. The van der Waals surface area contributed by atoms with Crippen molar-refractivity contribution in [3.8, 4) is 0 Å². The maximum atomic E-state index is 12.4. The summed E-state index contributed by atoms with van der Waals surface area (Å²) in [5.41, 5.74) is -0.989. The molecule has 0 aliphatic carbocycles. The molecule has 6 nitrogen and oxygen atoms in total. The van der Waals surface area contributed by atoms with Crippen molar-refractivity contribution in [2.45, 2.75) is 39.3 Å². The van der Waals surface area contributed by atoms with Crippen molar-refractivity contribution in [3.63, 3.8) is 0 Å². The van der Waals surface area contributed by atoms with E-state index in [9.17, 15) is 14.7 Å². The van der Waals surface area contributed by atoms with Crippen molar-refractivity contribution in [1.82, 2.24) is 10.2 Å². The zero-order valence-corrected chi connectivity index (χ0v) is 13.2. The van der Waals surface area contributed by atoms with Crippen molar-refractivity contribution >= 4 is 11.8 Å². The smallest absolute Gasteiger partial charge is 0.287 e. The number of hydrogen-bond donors (Lipinski definition) is 2. The molecule has 0 saturated carbocycles. The number of nitrogens with zero attached hydrogens (tertiary/aromatic N) is 1. The molecule has 2 N–H and O–H groups in total.